The Kier molecular flexibility index (Phi) is 2.10. The second-order valence-electron chi connectivity index (χ2n) is 2.01. The third-order valence-corrected chi connectivity index (χ3v) is 1.31. The second kappa shape index (κ2) is 3.05. The van der Waals surface area contributed by atoms with Crippen molar-refractivity contribution in [3.05, 3.63) is 18.5 Å². The number of hydrogen-bond donors (Lipinski definition) is 1. The predicted octanol–water partition coefficient (Wildman–Crippen LogP) is -0.210. The van der Waals surface area contributed by atoms with E-state index in [0.29, 0.717) is 0 Å². The first-order valence-electron chi connectivity index (χ1n) is 3.21. The molecule has 1 aromatic heterocycles. The van der Waals surface area contributed by atoms with E-state index in [9.17, 15) is 4.79 Å². The number of urea groups is 1. The summed E-state index contributed by atoms with van der Waals surface area (Å²) in [5.41, 5.74) is 0. The zero-order chi connectivity index (χ0) is 8.27. The molecule has 0 fully saturated rings. The van der Waals surface area contributed by atoms with Crippen LogP contribution in [0.5, 0.6) is 0 Å². The molecule has 0 aliphatic rings. The second-order valence-corrected chi connectivity index (χ2v) is 2.01. The molecule has 11 heavy (non-hydrogen) atoms. The number of aromatic nitrogens is 2. The minimum absolute atomic E-state index is 0.200. The van der Waals surface area contributed by atoms with E-state index in [2.05, 4.69) is 10.4 Å². The van der Waals surface area contributed by atoms with E-state index in [1.165, 1.54) is 9.80 Å². The fourth-order valence-electron chi connectivity index (χ4n) is 0.693. The molecule has 60 valence electrons. The maximum absolute atomic E-state index is 11.0. The van der Waals surface area contributed by atoms with Crippen LogP contribution in [-0.2, 0) is 0 Å². The third-order valence-electron chi connectivity index (χ3n) is 1.31. The van der Waals surface area contributed by atoms with Crippen molar-refractivity contribution in [2.24, 2.45) is 0 Å². The molecule has 5 heteroatoms. The van der Waals surface area contributed by atoms with E-state index in [1.807, 2.05) is 0 Å². The summed E-state index contributed by atoms with van der Waals surface area (Å²) in [4.78, 5) is 12.4. The van der Waals surface area contributed by atoms with Crippen molar-refractivity contribution in [2.45, 2.75) is 0 Å². The highest BCUT2D eigenvalue weighted by Crippen LogP contribution is 1.85. The average molecular weight is 154 g/mol. The van der Waals surface area contributed by atoms with Crippen molar-refractivity contribution in [3.63, 3.8) is 0 Å². The highest BCUT2D eigenvalue weighted by Gasteiger charge is 2.05. The Labute approximate surface area is 64.6 Å². The molecule has 1 heterocycles. The summed E-state index contributed by atoms with van der Waals surface area (Å²) in [6.07, 6.45) is 3.30. The molecular weight excluding hydrogens is 144 g/mol. The van der Waals surface area contributed by atoms with Gasteiger partial charge in [0, 0.05) is 20.3 Å². The molecule has 0 radical (unpaired) electrons. The van der Waals surface area contributed by atoms with Gasteiger partial charge >= 0.3 is 6.03 Å². The Morgan fingerprint density at radius 3 is 2.91 bits per heavy atom. The van der Waals surface area contributed by atoms with Crippen LogP contribution in [0.15, 0.2) is 18.5 Å². The van der Waals surface area contributed by atoms with Gasteiger partial charge in [-0.15, -0.1) is 0 Å². The zero-order valence-electron chi connectivity index (χ0n) is 6.48. The van der Waals surface area contributed by atoms with Gasteiger partial charge in [-0.2, -0.15) is 9.89 Å². The third kappa shape index (κ3) is 1.49. The molecule has 0 saturated heterocycles. The number of carbonyl (C=O) groups is 1. The molecule has 0 aliphatic carbocycles. The molecular formula is C6H10N4O. The van der Waals surface area contributed by atoms with Crippen molar-refractivity contribution in [2.75, 3.05) is 19.1 Å². The quantitative estimate of drug-likeness (QED) is 0.608. The number of nitrogens with zero attached hydrogens (tertiary/aromatic N) is 3. The Hall–Kier alpha value is -1.52. The fourth-order valence-corrected chi connectivity index (χ4v) is 0.693. The van der Waals surface area contributed by atoms with E-state index in [1.54, 1.807) is 32.6 Å². The highest BCUT2D eigenvalue weighted by molar-refractivity contribution is 5.83. The molecule has 0 aromatic carbocycles. The Morgan fingerprint density at radius 2 is 2.45 bits per heavy atom. The lowest BCUT2D eigenvalue weighted by molar-refractivity contribution is 0.243. The first kappa shape index (κ1) is 7.59. The molecule has 0 unspecified atom stereocenters. The molecule has 1 rings (SSSR count). The fraction of sp³-hybridized carbons (Fsp3) is 0.333. The number of hydrogen-bond acceptors (Lipinski definition) is 2. The van der Waals surface area contributed by atoms with Crippen LogP contribution in [0.2, 0.25) is 0 Å². The van der Waals surface area contributed by atoms with E-state index in [4.69, 9.17) is 0 Å². The van der Waals surface area contributed by atoms with Crippen LogP contribution in [0.4, 0.5) is 4.79 Å². The normalized spacial score (nSPS) is 9.27. The van der Waals surface area contributed by atoms with Gasteiger partial charge < -0.3 is 5.32 Å². The Bertz CT molecular complexity index is 231. The summed E-state index contributed by atoms with van der Waals surface area (Å²) < 4.78 is 0. The van der Waals surface area contributed by atoms with E-state index in [0.717, 1.165) is 0 Å². The van der Waals surface area contributed by atoms with Crippen LogP contribution in [0.25, 0.3) is 0 Å². The molecule has 0 spiro atoms. The maximum atomic E-state index is 11.0. The summed E-state index contributed by atoms with van der Waals surface area (Å²) >= 11 is 0. The minimum atomic E-state index is -0.200. The highest BCUT2D eigenvalue weighted by atomic mass is 16.2. The van der Waals surface area contributed by atoms with Crippen LogP contribution in [0, 0.1) is 0 Å². The van der Waals surface area contributed by atoms with Crippen LogP contribution in [0.1, 0.15) is 0 Å². The van der Waals surface area contributed by atoms with Crippen molar-refractivity contribution >= 4 is 6.03 Å². The number of amides is 2. The van der Waals surface area contributed by atoms with Gasteiger partial charge in [-0.1, -0.05) is 0 Å². The number of carbonyl (C=O) groups excluding carboxylic acids is 1. The monoisotopic (exact) mass is 154 g/mol. The SMILES string of the molecule is CNC(=O)N(C)n1cccn1. The first-order valence-corrected chi connectivity index (χ1v) is 3.21. The van der Waals surface area contributed by atoms with Gasteiger partial charge in [-0.3, -0.25) is 0 Å². The van der Waals surface area contributed by atoms with E-state index in [-0.39, 0.29) is 6.03 Å². The summed E-state index contributed by atoms with van der Waals surface area (Å²) in [5, 5.41) is 7.71. The largest absolute Gasteiger partial charge is 0.340 e. The summed E-state index contributed by atoms with van der Waals surface area (Å²) in [6.45, 7) is 0. The predicted molar refractivity (Wildman–Crippen MR) is 40.8 cm³/mol. The lowest BCUT2D eigenvalue weighted by Gasteiger charge is -2.15. The first-order chi connectivity index (χ1) is 5.25. The Balaban J connectivity index is 2.70. The van der Waals surface area contributed by atoms with Crippen LogP contribution in [-0.4, -0.2) is 30.0 Å². The zero-order valence-corrected chi connectivity index (χ0v) is 6.48. The smallest absolute Gasteiger partial charge is 0.337 e. The van der Waals surface area contributed by atoms with Crippen LogP contribution in [0.3, 0.4) is 0 Å². The van der Waals surface area contributed by atoms with Gasteiger partial charge in [0.05, 0.1) is 6.20 Å². The summed E-state index contributed by atoms with van der Waals surface area (Å²) in [7, 11) is 3.20. The molecule has 5 nitrogen and oxygen atoms in total. The topological polar surface area (TPSA) is 50.2 Å². The molecule has 0 aliphatic heterocycles. The van der Waals surface area contributed by atoms with Gasteiger partial charge in [0.15, 0.2) is 0 Å². The summed E-state index contributed by atoms with van der Waals surface area (Å²) in [5.74, 6) is 0. The Morgan fingerprint density at radius 1 is 1.73 bits per heavy atom. The molecule has 0 saturated carbocycles. The van der Waals surface area contributed by atoms with Crippen molar-refractivity contribution < 1.29 is 4.79 Å². The van der Waals surface area contributed by atoms with Crippen molar-refractivity contribution in [3.8, 4) is 0 Å². The van der Waals surface area contributed by atoms with Gasteiger partial charge in [0.1, 0.15) is 0 Å². The van der Waals surface area contributed by atoms with Crippen molar-refractivity contribution in [1.82, 2.24) is 15.2 Å². The van der Waals surface area contributed by atoms with Crippen molar-refractivity contribution in [1.29, 1.82) is 0 Å². The standard InChI is InChI=1S/C6H10N4O/c1-7-6(11)9(2)10-5-3-4-8-10/h3-5H,1-2H3,(H,7,11). The molecule has 1 N–H and O–H groups in total. The average Bonchev–Trinajstić information content (AvgIpc) is 2.53. The number of rotatable bonds is 1. The molecule has 2 amide bonds. The van der Waals surface area contributed by atoms with Gasteiger partial charge in [0.2, 0.25) is 0 Å². The molecule has 1 aromatic rings. The molecule has 0 bridgehead atoms. The van der Waals surface area contributed by atoms with E-state index >= 15 is 0 Å². The van der Waals surface area contributed by atoms with Gasteiger partial charge in [-0.25, -0.2) is 9.80 Å². The van der Waals surface area contributed by atoms with Crippen LogP contribution >= 0.6 is 0 Å². The molecule has 0 atom stereocenters. The lowest BCUT2D eigenvalue weighted by Crippen LogP contribution is -2.42. The van der Waals surface area contributed by atoms with Gasteiger partial charge in [0.25, 0.3) is 0 Å². The minimum Gasteiger partial charge on any atom is -0.340 e. The summed E-state index contributed by atoms with van der Waals surface area (Å²) in [6, 6.07) is 1.55. The van der Waals surface area contributed by atoms with Gasteiger partial charge in [-0.05, 0) is 6.07 Å². The lowest BCUT2D eigenvalue weighted by atomic mass is 10.8. The maximum Gasteiger partial charge on any atom is 0.337 e. The number of nitrogens with one attached hydrogen (secondary N) is 1. The van der Waals surface area contributed by atoms with Crippen LogP contribution < -0.4 is 10.3 Å². The van der Waals surface area contributed by atoms with E-state index < -0.39 is 0 Å².